The van der Waals surface area contributed by atoms with Crippen LogP contribution in [0.15, 0.2) is 6.07 Å². The third-order valence-electron chi connectivity index (χ3n) is 2.68. The van der Waals surface area contributed by atoms with Crippen LogP contribution in [0.3, 0.4) is 0 Å². The van der Waals surface area contributed by atoms with Crippen LogP contribution in [-0.2, 0) is 4.74 Å². The first-order chi connectivity index (χ1) is 8.02. The Labute approximate surface area is 116 Å². The van der Waals surface area contributed by atoms with Crippen molar-refractivity contribution in [2.45, 2.75) is 12.3 Å². The van der Waals surface area contributed by atoms with Crippen LogP contribution in [0.5, 0.6) is 0 Å². The molecule has 0 unspecified atom stereocenters. The number of alkyl halides is 1. The summed E-state index contributed by atoms with van der Waals surface area (Å²) in [5, 5.41) is -0.00589. The summed E-state index contributed by atoms with van der Waals surface area (Å²) in [5.74, 6) is -0.344. The van der Waals surface area contributed by atoms with Crippen molar-refractivity contribution < 1.29 is 13.5 Å². The lowest BCUT2D eigenvalue weighted by Gasteiger charge is -2.17. The molecule has 0 N–H and O–H groups in total. The average molecular weight is 375 g/mol. The van der Waals surface area contributed by atoms with E-state index in [4.69, 9.17) is 16.3 Å². The third kappa shape index (κ3) is 2.63. The van der Waals surface area contributed by atoms with E-state index in [0.29, 0.717) is 15.9 Å². The number of halogens is 4. The fourth-order valence-electron chi connectivity index (χ4n) is 1.76. The summed E-state index contributed by atoms with van der Waals surface area (Å²) >= 11 is 7.60. The van der Waals surface area contributed by atoms with Gasteiger partial charge in [0.05, 0.1) is 6.54 Å². The standard InChI is InChI=1S/C10H10ClF2IN2O/c1-17-7-4-16(3-5(7)12)8-2-6(14)9(11)10(13)15-8/h2,5,7H,3-4H2,1H3/t5-,7+/m1/s1. The molecule has 1 fully saturated rings. The minimum absolute atomic E-state index is 0.00589. The molecule has 0 amide bonds. The summed E-state index contributed by atoms with van der Waals surface area (Å²) in [4.78, 5) is 5.37. The summed E-state index contributed by atoms with van der Waals surface area (Å²) in [6, 6.07) is 1.64. The Morgan fingerprint density at radius 1 is 1.59 bits per heavy atom. The van der Waals surface area contributed by atoms with E-state index in [1.165, 1.54) is 7.11 Å². The maximum atomic E-state index is 13.5. The van der Waals surface area contributed by atoms with Crippen molar-refractivity contribution in [1.29, 1.82) is 0 Å². The number of aromatic nitrogens is 1. The summed E-state index contributed by atoms with van der Waals surface area (Å²) in [6.45, 7) is 0.518. The van der Waals surface area contributed by atoms with Gasteiger partial charge in [-0.1, -0.05) is 11.6 Å². The van der Waals surface area contributed by atoms with E-state index in [2.05, 4.69) is 4.98 Å². The van der Waals surface area contributed by atoms with Crippen molar-refractivity contribution in [2.75, 3.05) is 25.1 Å². The fraction of sp³-hybridized carbons (Fsp3) is 0.500. The molecule has 1 aromatic rings. The van der Waals surface area contributed by atoms with Gasteiger partial charge < -0.3 is 9.64 Å². The third-order valence-corrected chi connectivity index (χ3v) is 4.21. The molecule has 0 spiro atoms. The number of anilines is 1. The molecule has 2 atom stereocenters. The highest BCUT2D eigenvalue weighted by molar-refractivity contribution is 14.1. The molecule has 0 aromatic carbocycles. The van der Waals surface area contributed by atoms with Crippen LogP contribution in [0.25, 0.3) is 0 Å². The molecule has 0 saturated carbocycles. The predicted octanol–water partition coefficient (Wildman–Crippen LogP) is 2.65. The zero-order valence-corrected chi connectivity index (χ0v) is 11.9. The second-order valence-corrected chi connectivity index (χ2v) is 5.30. The van der Waals surface area contributed by atoms with E-state index >= 15 is 0 Å². The summed E-state index contributed by atoms with van der Waals surface area (Å²) < 4.78 is 32.4. The number of pyridine rings is 1. The van der Waals surface area contributed by atoms with Gasteiger partial charge in [0.15, 0.2) is 0 Å². The van der Waals surface area contributed by atoms with Crippen LogP contribution in [0.1, 0.15) is 0 Å². The molecular weight excluding hydrogens is 364 g/mol. The highest BCUT2D eigenvalue weighted by Crippen LogP contribution is 2.28. The molecule has 1 saturated heterocycles. The molecule has 3 nitrogen and oxygen atoms in total. The SMILES string of the molecule is CO[C@H]1CN(c2cc(I)c(Cl)c(F)n2)C[C@H]1F. The van der Waals surface area contributed by atoms with Crippen LogP contribution in [0, 0.1) is 9.52 Å². The predicted molar refractivity (Wildman–Crippen MR) is 69.8 cm³/mol. The molecule has 0 aliphatic carbocycles. The number of hydrogen-bond acceptors (Lipinski definition) is 3. The molecule has 2 rings (SSSR count). The van der Waals surface area contributed by atoms with Crippen molar-refractivity contribution in [3.05, 3.63) is 20.6 Å². The van der Waals surface area contributed by atoms with E-state index in [1.54, 1.807) is 11.0 Å². The van der Waals surface area contributed by atoms with Gasteiger partial charge in [0.1, 0.15) is 23.1 Å². The second-order valence-electron chi connectivity index (χ2n) is 3.76. The van der Waals surface area contributed by atoms with Gasteiger partial charge in [-0.25, -0.2) is 9.37 Å². The Balaban J connectivity index is 2.25. The van der Waals surface area contributed by atoms with Gasteiger partial charge in [-0.2, -0.15) is 4.39 Å². The lowest BCUT2D eigenvalue weighted by atomic mass is 10.3. The summed E-state index contributed by atoms with van der Waals surface area (Å²) in [6.07, 6.45) is -1.58. The number of nitrogens with zero attached hydrogens (tertiary/aromatic N) is 2. The van der Waals surface area contributed by atoms with Gasteiger partial charge in [0, 0.05) is 17.2 Å². The van der Waals surface area contributed by atoms with Crippen molar-refractivity contribution >= 4 is 40.0 Å². The van der Waals surface area contributed by atoms with Gasteiger partial charge in [-0.15, -0.1) is 0 Å². The maximum absolute atomic E-state index is 13.5. The molecule has 2 heterocycles. The Hall–Kier alpha value is -0.210. The Morgan fingerprint density at radius 3 is 2.82 bits per heavy atom. The van der Waals surface area contributed by atoms with Gasteiger partial charge in [-0.3, -0.25) is 0 Å². The molecule has 94 valence electrons. The molecule has 0 radical (unpaired) electrons. The van der Waals surface area contributed by atoms with E-state index in [0.717, 1.165) is 0 Å². The zero-order valence-electron chi connectivity index (χ0n) is 8.96. The summed E-state index contributed by atoms with van der Waals surface area (Å²) in [5.41, 5.74) is 0. The van der Waals surface area contributed by atoms with E-state index < -0.39 is 18.2 Å². The smallest absolute Gasteiger partial charge is 0.234 e. The van der Waals surface area contributed by atoms with Crippen LogP contribution in [0.4, 0.5) is 14.6 Å². The highest BCUT2D eigenvalue weighted by Gasteiger charge is 2.34. The highest BCUT2D eigenvalue weighted by atomic mass is 127. The van der Waals surface area contributed by atoms with Crippen molar-refractivity contribution in [3.63, 3.8) is 0 Å². The van der Waals surface area contributed by atoms with Gasteiger partial charge in [0.2, 0.25) is 5.95 Å². The average Bonchev–Trinajstić information content (AvgIpc) is 2.66. The zero-order chi connectivity index (χ0) is 12.6. The van der Waals surface area contributed by atoms with Crippen LogP contribution in [-0.4, -0.2) is 37.5 Å². The summed E-state index contributed by atoms with van der Waals surface area (Å²) in [7, 11) is 1.46. The van der Waals surface area contributed by atoms with Gasteiger partial charge in [-0.05, 0) is 28.7 Å². The molecule has 17 heavy (non-hydrogen) atoms. The first-order valence-electron chi connectivity index (χ1n) is 4.96. The molecule has 1 aromatic heterocycles. The number of ether oxygens (including phenoxy) is 1. The monoisotopic (exact) mass is 374 g/mol. The van der Waals surface area contributed by atoms with Crippen LogP contribution >= 0.6 is 34.2 Å². The van der Waals surface area contributed by atoms with E-state index in [-0.39, 0.29) is 11.6 Å². The topological polar surface area (TPSA) is 25.4 Å². The molecular formula is C10H10ClF2IN2O. The largest absolute Gasteiger partial charge is 0.377 e. The molecule has 1 aliphatic rings. The fourth-order valence-corrected chi connectivity index (χ4v) is 2.36. The first-order valence-corrected chi connectivity index (χ1v) is 6.42. The van der Waals surface area contributed by atoms with E-state index in [1.807, 2.05) is 22.6 Å². The van der Waals surface area contributed by atoms with Crippen molar-refractivity contribution in [2.24, 2.45) is 0 Å². The minimum Gasteiger partial charge on any atom is -0.377 e. The van der Waals surface area contributed by atoms with Crippen LogP contribution < -0.4 is 4.90 Å². The molecule has 1 aliphatic heterocycles. The van der Waals surface area contributed by atoms with Gasteiger partial charge >= 0.3 is 0 Å². The van der Waals surface area contributed by atoms with Crippen molar-refractivity contribution in [1.82, 2.24) is 4.98 Å². The second kappa shape index (κ2) is 5.19. The van der Waals surface area contributed by atoms with Crippen molar-refractivity contribution in [3.8, 4) is 0 Å². The number of methoxy groups -OCH3 is 1. The molecule has 0 bridgehead atoms. The Morgan fingerprint density at radius 2 is 2.29 bits per heavy atom. The maximum Gasteiger partial charge on any atom is 0.234 e. The minimum atomic E-state index is -1.08. The normalized spacial score (nSPS) is 24.4. The van der Waals surface area contributed by atoms with E-state index in [9.17, 15) is 8.78 Å². The van der Waals surface area contributed by atoms with Gasteiger partial charge in [0.25, 0.3) is 0 Å². The Kier molecular flexibility index (Phi) is 4.04. The molecule has 7 heteroatoms. The quantitative estimate of drug-likeness (QED) is 0.588. The lowest BCUT2D eigenvalue weighted by molar-refractivity contribution is 0.0650. The lowest BCUT2D eigenvalue weighted by Crippen LogP contribution is -2.23. The first kappa shape index (κ1) is 13.2. The van der Waals surface area contributed by atoms with Crippen LogP contribution in [0.2, 0.25) is 5.02 Å². The number of rotatable bonds is 2. The Bertz CT molecular complexity index is 412. The number of hydrogen-bond donors (Lipinski definition) is 0.